The standard InChI is InChI=1S/C42H63BN6O11/c1-26(2)23-30(35(52)44-22-16-21-43(58)59)45-37(54)34(41(5,6)7)48-39(56)42(8,9)49(29-19-14-11-15-20-29)38(55)33(27(3)4)47-36(53)31(24-32(50)51)46-40(57)60-25-28-17-12-10-13-18-28/h10-15,17-20,26-27,30-31,33-34,58-59H,16,21-25H2,1-9H3,(H,44,52)(H,45,54)(H,46,57)(H,47,53)(H,48,56)(H,50,51)/t30-,31-,33+,34+/m0/s1. The summed E-state index contributed by atoms with van der Waals surface area (Å²) >= 11 is 0. The van der Waals surface area contributed by atoms with Gasteiger partial charge in [-0.3, -0.25) is 33.7 Å². The highest BCUT2D eigenvalue weighted by Crippen LogP contribution is 2.29. The van der Waals surface area contributed by atoms with E-state index in [9.17, 15) is 38.7 Å². The zero-order chi connectivity index (χ0) is 45.4. The minimum absolute atomic E-state index is 0.00888. The van der Waals surface area contributed by atoms with Crippen LogP contribution in [0.1, 0.15) is 87.1 Å². The molecule has 0 unspecified atom stereocenters. The van der Waals surface area contributed by atoms with Crippen molar-refractivity contribution in [3.05, 3.63) is 66.2 Å². The van der Waals surface area contributed by atoms with Crippen LogP contribution in [0.3, 0.4) is 0 Å². The van der Waals surface area contributed by atoms with Crippen LogP contribution in [0.25, 0.3) is 0 Å². The van der Waals surface area contributed by atoms with E-state index in [0.717, 1.165) is 0 Å². The van der Waals surface area contributed by atoms with Gasteiger partial charge in [0.15, 0.2) is 0 Å². The maximum Gasteiger partial charge on any atom is 0.451 e. The highest BCUT2D eigenvalue weighted by molar-refractivity contribution is 6.40. The predicted octanol–water partition coefficient (Wildman–Crippen LogP) is 2.75. The van der Waals surface area contributed by atoms with E-state index in [1.165, 1.54) is 18.7 Å². The summed E-state index contributed by atoms with van der Waals surface area (Å²) in [5.74, 6) is -5.63. The molecule has 0 aliphatic carbocycles. The Morgan fingerprint density at radius 1 is 0.750 bits per heavy atom. The highest BCUT2D eigenvalue weighted by atomic mass is 16.5. The summed E-state index contributed by atoms with van der Waals surface area (Å²) in [5, 5.41) is 41.1. The molecule has 0 aliphatic rings. The first-order chi connectivity index (χ1) is 27.9. The summed E-state index contributed by atoms with van der Waals surface area (Å²) in [6.07, 6.45) is -1.26. The Morgan fingerprint density at radius 2 is 1.33 bits per heavy atom. The van der Waals surface area contributed by atoms with Crippen LogP contribution >= 0.6 is 0 Å². The summed E-state index contributed by atoms with van der Waals surface area (Å²) in [5.41, 5.74) is -1.72. The van der Waals surface area contributed by atoms with E-state index in [1.807, 2.05) is 13.8 Å². The van der Waals surface area contributed by atoms with Crippen molar-refractivity contribution < 1.29 is 53.5 Å². The molecular formula is C42H63BN6O11. The third kappa shape index (κ3) is 16.3. The molecule has 330 valence electrons. The lowest BCUT2D eigenvalue weighted by Gasteiger charge is -2.42. The molecule has 0 radical (unpaired) electrons. The fourth-order valence-corrected chi connectivity index (χ4v) is 6.16. The topological polar surface area (TPSA) is 253 Å². The predicted molar refractivity (Wildman–Crippen MR) is 226 cm³/mol. The maximum atomic E-state index is 14.7. The van der Waals surface area contributed by atoms with Crippen molar-refractivity contribution in [3.8, 4) is 0 Å². The van der Waals surface area contributed by atoms with Gasteiger partial charge in [0.2, 0.25) is 23.6 Å². The second kappa shape index (κ2) is 23.3. The normalized spacial score (nSPS) is 13.6. The molecule has 0 bridgehead atoms. The van der Waals surface area contributed by atoms with E-state index < -0.39 is 96.2 Å². The summed E-state index contributed by atoms with van der Waals surface area (Å²) in [4.78, 5) is 95.8. The Bertz CT molecular complexity index is 1750. The van der Waals surface area contributed by atoms with Crippen molar-refractivity contribution >= 4 is 54.4 Å². The Kier molecular flexibility index (Phi) is 19.7. The third-order valence-corrected chi connectivity index (χ3v) is 9.46. The summed E-state index contributed by atoms with van der Waals surface area (Å²) < 4.78 is 5.20. The van der Waals surface area contributed by atoms with Crippen LogP contribution in [0, 0.1) is 17.3 Å². The molecule has 2 aromatic rings. The van der Waals surface area contributed by atoms with Crippen molar-refractivity contribution in [2.45, 2.75) is 124 Å². The number of alkyl carbamates (subject to hydrolysis) is 1. The number of para-hydroxylation sites is 1. The fraction of sp³-hybridized carbons (Fsp3) is 0.548. The van der Waals surface area contributed by atoms with Gasteiger partial charge >= 0.3 is 19.2 Å². The van der Waals surface area contributed by atoms with Gasteiger partial charge in [-0.2, -0.15) is 0 Å². The number of nitrogens with zero attached hydrogens (tertiary/aromatic N) is 1. The molecule has 0 spiro atoms. The van der Waals surface area contributed by atoms with Gasteiger partial charge in [-0.1, -0.05) is 97.0 Å². The van der Waals surface area contributed by atoms with E-state index in [-0.39, 0.29) is 37.5 Å². The SMILES string of the molecule is CC(C)C[C@H](NC(=O)[C@@H](NC(=O)C(C)(C)N(C(=O)[C@H](NC(=O)[C@H](CC(=O)O)NC(=O)OCc1ccccc1)C(C)C)c1ccccc1)C(C)(C)C)C(=O)NCCCB(O)O. The fourth-order valence-electron chi connectivity index (χ4n) is 6.16. The van der Waals surface area contributed by atoms with Crippen LogP contribution in [0.5, 0.6) is 0 Å². The molecule has 0 aromatic heterocycles. The number of amides is 6. The Balaban J connectivity index is 2.42. The van der Waals surface area contributed by atoms with Gasteiger partial charge in [0.25, 0.3) is 5.91 Å². The van der Waals surface area contributed by atoms with Crippen LogP contribution in [-0.2, 0) is 40.1 Å². The zero-order valence-corrected chi connectivity index (χ0v) is 36.1. The number of aliphatic carboxylic acids is 1. The lowest BCUT2D eigenvalue weighted by atomic mass is 9.84. The van der Waals surface area contributed by atoms with Crippen molar-refractivity contribution in [2.24, 2.45) is 17.3 Å². The molecule has 0 saturated heterocycles. The molecule has 2 rings (SSSR count). The number of rotatable bonds is 22. The summed E-state index contributed by atoms with van der Waals surface area (Å²) in [6.45, 7) is 15.2. The molecule has 0 fully saturated rings. The molecule has 0 saturated carbocycles. The Morgan fingerprint density at radius 3 is 1.85 bits per heavy atom. The number of carboxylic acid groups (broad SMARTS) is 1. The summed E-state index contributed by atoms with van der Waals surface area (Å²) in [6, 6.07) is 11.7. The van der Waals surface area contributed by atoms with E-state index in [1.54, 1.807) is 95.3 Å². The van der Waals surface area contributed by atoms with E-state index >= 15 is 0 Å². The maximum absolute atomic E-state index is 14.7. The van der Waals surface area contributed by atoms with Gasteiger partial charge in [-0.15, -0.1) is 0 Å². The van der Waals surface area contributed by atoms with Crippen LogP contribution in [-0.4, -0.2) is 100 Å². The average Bonchev–Trinajstić information content (AvgIpc) is 3.15. The van der Waals surface area contributed by atoms with Crippen LogP contribution in [0.4, 0.5) is 10.5 Å². The van der Waals surface area contributed by atoms with E-state index in [2.05, 4.69) is 26.6 Å². The number of nitrogens with one attached hydrogen (secondary N) is 5. The minimum Gasteiger partial charge on any atom is -0.481 e. The molecule has 2 aromatic carbocycles. The number of carbonyl (C=O) groups excluding carboxylic acids is 6. The van der Waals surface area contributed by atoms with Crippen LogP contribution < -0.4 is 31.5 Å². The van der Waals surface area contributed by atoms with Crippen molar-refractivity contribution in [1.29, 1.82) is 0 Å². The van der Waals surface area contributed by atoms with Crippen LogP contribution in [0.2, 0.25) is 6.32 Å². The van der Waals surface area contributed by atoms with Gasteiger partial charge in [0.05, 0.1) is 6.42 Å². The number of ether oxygens (including phenoxy) is 1. The Hall–Kier alpha value is -5.49. The molecule has 6 amide bonds. The van der Waals surface area contributed by atoms with Gasteiger partial charge < -0.3 is 46.5 Å². The monoisotopic (exact) mass is 838 g/mol. The number of anilines is 1. The molecule has 0 heterocycles. The lowest BCUT2D eigenvalue weighted by Crippen LogP contribution is -2.66. The first kappa shape index (κ1) is 50.7. The first-order valence-electron chi connectivity index (χ1n) is 20.1. The quantitative estimate of drug-likeness (QED) is 0.0632. The van der Waals surface area contributed by atoms with Crippen molar-refractivity contribution in [1.82, 2.24) is 26.6 Å². The molecule has 8 N–H and O–H groups in total. The molecule has 4 atom stereocenters. The molecule has 60 heavy (non-hydrogen) atoms. The van der Waals surface area contributed by atoms with E-state index in [4.69, 9.17) is 14.8 Å². The Labute approximate surface area is 352 Å². The number of benzene rings is 2. The molecular weight excluding hydrogens is 775 g/mol. The van der Waals surface area contributed by atoms with Gasteiger partial charge in [-0.05, 0) is 68.0 Å². The van der Waals surface area contributed by atoms with Crippen molar-refractivity contribution in [2.75, 3.05) is 11.4 Å². The number of hydrogen-bond donors (Lipinski definition) is 8. The van der Waals surface area contributed by atoms with Crippen molar-refractivity contribution in [3.63, 3.8) is 0 Å². The number of carboxylic acids is 1. The third-order valence-electron chi connectivity index (χ3n) is 9.46. The second-order valence-electron chi connectivity index (χ2n) is 17.0. The summed E-state index contributed by atoms with van der Waals surface area (Å²) in [7, 11) is -1.52. The number of carbonyl (C=O) groups is 7. The minimum atomic E-state index is -1.74. The smallest absolute Gasteiger partial charge is 0.451 e. The average molecular weight is 839 g/mol. The second-order valence-corrected chi connectivity index (χ2v) is 17.0. The lowest BCUT2D eigenvalue weighted by molar-refractivity contribution is -0.140. The van der Waals surface area contributed by atoms with Gasteiger partial charge in [0, 0.05) is 12.2 Å². The van der Waals surface area contributed by atoms with Gasteiger partial charge in [0.1, 0.15) is 36.3 Å². The zero-order valence-electron chi connectivity index (χ0n) is 36.1. The molecule has 0 aliphatic heterocycles. The molecule has 17 nitrogen and oxygen atoms in total. The first-order valence-corrected chi connectivity index (χ1v) is 20.1. The highest BCUT2D eigenvalue weighted by Gasteiger charge is 2.46. The van der Waals surface area contributed by atoms with Gasteiger partial charge in [-0.25, -0.2) is 4.79 Å². The number of hydrogen-bond acceptors (Lipinski definition) is 10. The largest absolute Gasteiger partial charge is 0.481 e. The van der Waals surface area contributed by atoms with Crippen LogP contribution in [0.15, 0.2) is 60.7 Å². The van der Waals surface area contributed by atoms with E-state index in [0.29, 0.717) is 12.0 Å². The molecule has 18 heteroatoms.